The van der Waals surface area contributed by atoms with E-state index < -0.39 is 0 Å². The lowest BCUT2D eigenvalue weighted by molar-refractivity contribution is 0.944. The zero-order valence-electron chi connectivity index (χ0n) is 8.61. The molecule has 0 saturated heterocycles. The van der Waals surface area contributed by atoms with Gasteiger partial charge in [0.15, 0.2) is 0 Å². The van der Waals surface area contributed by atoms with Crippen molar-refractivity contribution in [2.45, 2.75) is 6.42 Å². The van der Waals surface area contributed by atoms with Crippen LogP contribution in [0.1, 0.15) is 16.0 Å². The van der Waals surface area contributed by atoms with E-state index >= 15 is 0 Å². The van der Waals surface area contributed by atoms with Gasteiger partial charge in [0.05, 0.1) is 10.6 Å². The van der Waals surface area contributed by atoms with Crippen molar-refractivity contribution in [1.82, 2.24) is 0 Å². The van der Waals surface area contributed by atoms with Gasteiger partial charge in [-0.25, -0.2) is 0 Å². The van der Waals surface area contributed by atoms with Gasteiger partial charge < -0.3 is 0 Å². The highest BCUT2D eigenvalue weighted by atomic mass is 79.9. The van der Waals surface area contributed by atoms with Gasteiger partial charge in [0.25, 0.3) is 0 Å². The highest BCUT2D eigenvalue weighted by molar-refractivity contribution is 9.10. The zero-order valence-corrected chi connectivity index (χ0v) is 11.0. The fraction of sp³-hybridized carbons (Fsp3) is 0.154. The topological polar surface area (TPSA) is 12.4 Å². The fourth-order valence-electron chi connectivity index (χ4n) is 1.98. The zero-order chi connectivity index (χ0) is 11.0. The SMILES string of the molecule is Brc1ccc2c(c1)C(c1cccs1)=NCC2. The summed E-state index contributed by atoms with van der Waals surface area (Å²) in [6.07, 6.45) is 1.05. The van der Waals surface area contributed by atoms with Gasteiger partial charge in [-0.1, -0.05) is 28.1 Å². The van der Waals surface area contributed by atoms with Crippen LogP contribution in [0.2, 0.25) is 0 Å². The molecule has 0 bridgehead atoms. The predicted molar refractivity (Wildman–Crippen MR) is 72.7 cm³/mol. The van der Waals surface area contributed by atoms with Crippen molar-refractivity contribution in [2.75, 3.05) is 6.54 Å². The van der Waals surface area contributed by atoms with Crippen molar-refractivity contribution < 1.29 is 0 Å². The van der Waals surface area contributed by atoms with E-state index in [9.17, 15) is 0 Å². The second-order valence-electron chi connectivity index (χ2n) is 3.76. The fourth-order valence-corrected chi connectivity index (χ4v) is 3.09. The Morgan fingerprint density at radius 1 is 1.25 bits per heavy atom. The summed E-state index contributed by atoms with van der Waals surface area (Å²) in [5.74, 6) is 0. The van der Waals surface area contributed by atoms with Gasteiger partial charge in [0.1, 0.15) is 0 Å². The standard InChI is InChI=1S/C13H10BrNS/c14-10-4-3-9-5-6-15-13(11(9)8-10)12-2-1-7-16-12/h1-4,7-8H,5-6H2. The molecule has 1 aliphatic rings. The Morgan fingerprint density at radius 2 is 2.19 bits per heavy atom. The van der Waals surface area contributed by atoms with Gasteiger partial charge >= 0.3 is 0 Å². The molecule has 0 radical (unpaired) electrons. The minimum Gasteiger partial charge on any atom is -0.283 e. The van der Waals surface area contributed by atoms with Gasteiger partial charge in [-0.3, -0.25) is 4.99 Å². The molecule has 0 spiro atoms. The van der Waals surface area contributed by atoms with Crippen LogP contribution in [0.25, 0.3) is 0 Å². The number of benzene rings is 1. The lowest BCUT2D eigenvalue weighted by Crippen LogP contribution is -2.12. The number of hydrogen-bond donors (Lipinski definition) is 0. The molecule has 1 nitrogen and oxygen atoms in total. The molecule has 0 unspecified atom stereocenters. The summed E-state index contributed by atoms with van der Waals surface area (Å²) in [7, 11) is 0. The number of hydrogen-bond acceptors (Lipinski definition) is 2. The maximum atomic E-state index is 4.66. The molecule has 1 aromatic heterocycles. The number of aliphatic imine (C=N–C) groups is 1. The minimum absolute atomic E-state index is 0.905. The average molecular weight is 292 g/mol. The third kappa shape index (κ3) is 1.74. The summed E-state index contributed by atoms with van der Waals surface area (Å²) in [6.45, 7) is 0.905. The molecule has 3 heteroatoms. The first-order valence-corrected chi connectivity index (χ1v) is 6.89. The summed E-state index contributed by atoms with van der Waals surface area (Å²) in [4.78, 5) is 5.92. The van der Waals surface area contributed by atoms with Crippen LogP contribution in [0.3, 0.4) is 0 Å². The number of fused-ring (bicyclic) bond motifs is 1. The van der Waals surface area contributed by atoms with Crippen molar-refractivity contribution in [3.05, 3.63) is 56.2 Å². The molecular formula is C13H10BrNS. The Morgan fingerprint density at radius 3 is 3.00 bits per heavy atom. The van der Waals surface area contributed by atoms with Gasteiger partial charge in [-0.05, 0) is 35.6 Å². The Bertz CT molecular complexity index is 543. The van der Waals surface area contributed by atoms with E-state index in [2.05, 4.69) is 56.6 Å². The summed E-state index contributed by atoms with van der Waals surface area (Å²) in [6, 6.07) is 10.7. The minimum atomic E-state index is 0.905. The summed E-state index contributed by atoms with van der Waals surface area (Å²) < 4.78 is 1.12. The van der Waals surface area contributed by atoms with E-state index in [1.54, 1.807) is 11.3 Å². The monoisotopic (exact) mass is 291 g/mol. The van der Waals surface area contributed by atoms with E-state index in [4.69, 9.17) is 0 Å². The Labute approximate surface area is 107 Å². The highest BCUT2D eigenvalue weighted by Gasteiger charge is 2.16. The molecule has 16 heavy (non-hydrogen) atoms. The molecule has 2 heterocycles. The smallest absolute Gasteiger partial charge is 0.0821 e. The van der Waals surface area contributed by atoms with Crippen LogP contribution in [0.15, 0.2) is 45.2 Å². The first-order chi connectivity index (χ1) is 7.84. The number of rotatable bonds is 1. The largest absolute Gasteiger partial charge is 0.283 e. The normalized spacial score (nSPS) is 14.4. The lowest BCUT2D eigenvalue weighted by Gasteiger charge is -2.16. The molecule has 80 valence electrons. The molecular weight excluding hydrogens is 282 g/mol. The van der Waals surface area contributed by atoms with Gasteiger partial charge in [-0.2, -0.15) is 0 Å². The molecule has 3 rings (SSSR count). The van der Waals surface area contributed by atoms with Crippen molar-refractivity contribution in [2.24, 2.45) is 4.99 Å². The number of nitrogens with zero attached hydrogens (tertiary/aromatic N) is 1. The highest BCUT2D eigenvalue weighted by Crippen LogP contribution is 2.25. The van der Waals surface area contributed by atoms with Crippen LogP contribution in [0.5, 0.6) is 0 Å². The second-order valence-corrected chi connectivity index (χ2v) is 5.62. The molecule has 0 aliphatic carbocycles. The third-order valence-electron chi connectivity index (χ3n) is 2.73. The van der Waals surface area contributed by atoms with Gasteiger partial charge in [-0.15, -0.1) is 11.3 Å². The van der Waals surface area contributed by atoms with Crippen LogP contribution < -0.4 is 0 Å². The summed E-state index contributed by atoms with van der Waals surface area (Å²) >= 11 is 5.28. The van der Waals surface area contributed by atoms with Crippen molar-refractivity contribution in [3.63, 3.8) is 0 Å². The van der Waals surface area contributed by atoms with Crippen molar-refractivity contribution >= 4 is 33.0 Å². The Kier molecular flexibility index (Phi) is 2.65. The summed E-state index contributed by atoms with van der Waals surface area (Å²) in [5, 5.41) is 2.10. The molecule has 0 amide bonds. The van der Waals surface area contributed by atoms with E-state index in [1.165, 1.54) is 16.0 Å². The van der Waals surface area contributed by atoms with Crippen LogP contribution in [0.4, 0.5) is 0 Å². The Hall–Kier alpha value is -0.930. The quantitative estimate of drug-likeness (QED) is 0.756. The van der Waals surface area contributed by atoms with Crippen LogP contribution in [-0.2, 0) is 6.42 Å². The first kappa shape index (κ1) is 10.2. The van der Waals surface area contributed by atoms with E-state index in [-0.39, 0.29) is 0 Å². The molecule has 1 aliphatic heterocycles. The van der Waals surface area contributed by atoms with E-state index in [0.717, 1.165) is 23.1 Å². The molecule has 2 aromatic rings. The van der Waals surface area contributed by atoms with Gasteiger partial charge in [0.2, 0.25) is 0 Å². The van der Waals surface area contributed by atoms with Crippen molar-refractivity contribution in [3.8, 4) is 0 Å². The molecule has 0 fully saturated rings. The number of halogens is 1. The maximum absolute atomic E-state index is 4.66. The number of thiophene rings is 1. The van der Waals surface area contributed by atoms with Crippen LogP contribution in [-0.4, -0.2) is 12.3 Å². The summed E-state index contributed by atoms with van der Waals surface area (Å²) in [5.41, 5.74) is 3.84. The molecule has 1 aromatic carbocycles. The molecule has 0 atom stereocenters. The average Bonchev–Trinajstić information content (AvgIpc) is 2.81. The van der Waals surface area contributed by atoms with Gasteiger partial charge in [0, 0.05) is 16.6 Å². The second kappa shape index (κ2) is 4.15. The van der Waals surface area contributed by atoms with E-state index in [1.807, 2.05) is 0 Å². The van der Waals surface area contributed by atoms with Crippen molar-refractivity contribution in [1.29, 1.82) is 0 Å². The Balaban J connectivity index is 2.16. The van der Waals surface area contributed by atoms with Crippen LogP contribution >= 0.6 is 27.3 Å². The predicted octanol–water partition coefficient (Wildman–Crippen LogP) is 3.90. The molecule has 0 saturated carbocycles. The molecule has 0 N–H and O–H groups in total. The third-order valence-corrected chi connectivity index (χ3v) is 4.10. The van der Waals surface area contributed by atoms with E-state index in [0.29, 0.717) is 0 Å². The first-order valence-electron chi connectivity index (χ1n) is 5.22. The van der Waals surface area contributed by atoms with Crippen LogP contribution in [0, 0.1) is 0 Å². The maximum Gasteiger partial charge on any atom is 0.0821 e. The lowest BCUT2D eigenvalue weighted by atomic mass is 9.97.